The number of anilines is 2. The molecule has 1 aliphatic heterocycles. The Hall–Kier alpha value is -2.15. The van der Waals surface area contributed by atoms with Crippen molar-refractivity contribution in [2.75, 3.05) is 16.8 Å². The van der Waals surface area contributed by atoms with Crippen molar-refractivity contribution in [2.24, 2.45) is 5.92 Å². The van der Waals surface area contributed by atoms with Gasteiger partial charge in [0.05, 0.1) is 11.6 Å². The van der Waals surface area contributed by atoms with Gasteiger partial charge in [-0.25, -0.2) is 0 Å². The fourth-order valence-electron chi connectivity index (χ4n) is 2.54. The predicted molar refractivity (Wildman–Crippen MR) is 89.2 cm³/mol. The van der Waals surface area contributed by atoms with Crippen molar-refractivity contribution in [3.8, 4) is 0 Å². The summed E-state index contributed by atoms with van der Waals surface area (Å²) in [6.45, 7) is 4.04. The lowest BCUT2D eigenvalue weighted by atomic mass is 10.1. The van der Waals surface area contributed by atoms with Gasteiger partial charge in [-0.2, -0.15) is 0 Å². The molecule has 120 valence electrons. The van der Waals surface area contributed by atoms with E-state index in [-0.39, 0.29) is 18.2 Å². The fourth-order valence-corrected chi connectivity index (χ4v) is 3.13. The molecule has 0 saturated carbocycles. The molecular weight excluding hydrogens is 362 g/mol. The van der Waals surface area contributed by atoms with Gasteiger partial charge in [-0.15, -0.1) is 0 Å². The number of halogens is 1. The molecule has 1 aromatic heterocycles. The van der Waals surface area contributed by atoms with E-state index in [1.165, 1.54) is 4.90 Å². The number of hydrogen-bond acceptors (Lipinski definition) is 4. The van der Waals surface area contributed by atoms with Crippen molar-refractivity contribution in [2.45, 2.75) is 20.3 Å². The van der Waals surface area contributed by atoms with Crippen LogP contribution in [0.2, 0.25) is 0 Å². The van der Waals surface area contributed by atoms with Gasteiger partial charge in [-0.3, -0.25) is 14.5 Å². The van der Waals surface area contributed by atoms with Crippen LogP contribution in [0.4, 0.5) is 11.5 Å². The molecule has 2 amide bonds. The molecule has 2 aromatic rings. The van der Waals surface area contributed by atoms with Gasteiger partial charge < -0.3 is 9.84 Å². The molecular formula is C16H16BrN3O3. The normalized spacial score (nSPS) is 17.6. The van der Waals surface area contributed by atoms with Gasteiger partial charge in [0.25, 0.3) is 0 Å². The Kier molecular flexibility index (Phi) is 4.21. The van der Waals surface area contributed by atoms with E-state index in [4.69, 9.17) is 4.52 Å². The third-order valence-electron chi connectivity index (χ3n) is 3.77. The zero-order chi connectivity index (χ0) is 16.6. The van der Waals surface area contributed by atoms with Gasteiger partial charge >= 0.3 is 0 Å². The molecule has 0 radical (unpaired) electrons. The lowest BCUT2D eigenvalue weighted by Crippen LogP contribution is -2.28. The zero-order valence-corrected chi connectivity index (χ0v) is 14.4. The first kappa shape index (κ1) is 15.7. The van der Waals surface area contributed by atoms with Gasteiger partial charge in [0, 0.05) is 23.5 Å². The number of carbonyl (C=O) groups is 2. The van der Waals surface area contributed by atoms with Gasteiger partial charge in [0.15, 0.2) is 5.82 Å². The summed E-state index contributed by atoms with van der Waals surface area (Å²) in [7, 11) is 0. The molecule has 23 heavy (non-hydrogen) atoms. The van der Waals surface area contributed by atoms with E-state index in [2.05, 4.69) is 26.4 Å². The quantitative estimate of drug-likeness (QED) is 0.891. The molecule has 1 saturated heterocycles. The van der Waals surface area contributed by atoms with Gasteiger partial charge in [0.2, 0.25) is 11.8 Å². The molecule has 0 spiro atoms. The first-order chi connectivity index (χ1) is 10.9. The summed E-state index contributed by atoms with van der Waals surface area (Å²) in [6, 6.07) is 7.38. The van der Waals surface area contributed by atoms with Gasteiger partial charge in [0.1, 0.15) is 5.76 Å². The summed E-state index contributed by atoms with van der Waals surface area (Å²) in [5.74, 6) is 0.378. The summed E-state index contributed by atoms with van der Waals surface area (Å²) < 4.78 is 5.81. The van der Waals surface area contributed by atoms with Gasteiger partial charge in [-0.05, 0) is 47.5 Å². The Bertz CT molecular complexity index is 772. The monoisotopic (exact) mass is 377 g/mol. The maximum Gasteiger partial charge on any atom is 0.229 e. The Labute approximate surface area is 142 Å². The van der Waals surface area contributed by atoms with Crippen LogP contribution in [0, 0.1) is 19.8 Å². The van der Waals surface area contributed by atoms with Crippen LogP contribution in [0.3, 0.4) is 0 Å². The molecule has 1 aliphatic rings. The molecule has 2 heterocycles. The smallest absolute Gasteiger partial charge is 0.229 e. The standard InChI is InChI=1S/C16H16BrN3O3/c1-9-3-4-13(12(17)5-9)18-16(22)11-7-15(21)20(8-11)14-6-10(2)23-19-14/h3-6,11H,7-8H2,1-2H3,(H,18,22). The van der Waals surface area contributed by atoms with E-state index in [1.54, 1.807) is 13.0 Å². The van der Waals surface area contributed by atoms with Crippen LogP contribution in [0.15, 0.2) is 33.3 Å². The van der Waals surface area contributed by atoms with E-state index in [0.29, 0.717) is 23.8 Å². The zero-order valence-electron chi connectivity index (χ0n) is 12.8. The molecule has 1 atom stereocenters. The average molecular weight is 378 g/mol. The van der Waals surface area contributed by atoms with Crippen LogP contribution < -0.4 is 10.2 Å². The van der Waals surface area contributed by atoms with Crippen molar-refractivity contribution in [1.29, 1.82) is 0 Å². The second-order valence-corrected chi connectivity index (χ2v) is 6.53. The van der Waals surface area contributed by atoms with E-state index in [9.17, 15) is 9.59 Å². The highest BCUT2D eigenvalue weighted by Gasteiger charge is 2.36. The van der Waals surface area contributed by atoms with E-state index in [0.717, 1.165) is 10.0 Å². The maximum absolute atomic E-state index is 12.4. The first-order valence-electron chi connectivity index (χ1n) is 7.25. The molecule has 0 bridgehead atoms. The van der Waals surface area contributed by atoms with Crippen molar-refractivity contribution >= 4 is 39.2 Å². The Morgan fingerprint density at radius 1 is 1.39 bits per heavy atom. The third kappa shape index (κ3) is 3.29. The fraction of sp³-hybridized carbons (Fsp3) is 0.312. The predicted octanol–water partition coefficient (Wildman–Crippen LogP) is 3.05. The lowest BCUT2D eigenvalue weighted by Gasteiger charge is -2.13. The number of aromatic nitrogens is 1. The van der Waals surface area contributed by atoms with E-state index in [1.807, 2.05) is 25.1 Å². The van der Waals surface area contributed by atoms with E-state index >= 15 is 0 Å². The minimum Gasteiger partial charge on any atom is -0.360 e. The molecule has 1 aromatic carbocycles. The number of aryl methyl sites for hydroxylation is 2. The topological polar surface area (TPSA) is 75.4 Å². The number of benzene rings is 1. The number of nitrogens with zero attached hydrogens (tertiary/aromatic N) is 2. The highest BCUT2D eigenvalue weighted by atomic mass is 79.9. The van der Waals surface area contributed by atoms with Crippen LogP contribution >= 0.6 is 15.9 Å². The molecule has 1 unspecified atom stereocenters. The number of amides is 2. The SMILES string of the molecule is Cc1ccc(NC(=O)C2CC(=O)N(c3cc(C)on3)C2)c(Br)c1. The minimum atomic E-state index is -0.410. The summed E-state index contributed by atoms with van der Waals surface area (Å²) in [5.41, 5.74) is 1.79. The van der Waals surface area contributed by atoms with Crippen molar-refractivity contribution in [3.63, 3.8) is 0 Å². The highest BCUT2D eigenvalue weighted by molar-refractivity contribution is 9.10. The summed E-state index contributed by atoms with van der Waals surface area (Å²) >= 11 is 3.43. The van der Waals surface area contributed by atoms with Crippen LogP contribution in [-0.2, 0) is 9.59 Å². The van der Waals surface area contributed by atoms with Crippen LogP contribution in [0.25, 0.3) is 0 Å². The van der Waals surface area contributed by atoms with Crippen molar-refractivity contribution in [3.05, 3.63) is 40.1 Å². The molecule has 1 N–H and O–H groups in total. The number of hydrogen-bond donors (Lipinski definition) is 1. The van der Waals surface area contributed by atoms with E-state index < -0.39 is 5.92 Å². The van der Waals surface area contributed by atoms with Gasteiger partial charge in [-0.1, -0.05) is 11.2 Å². The van der Waals surface area contributed by atoms with Crippen LogP contribution in [0.1, 0.15) is 17.7 Å². The third-order valence-corrected chi connectivity index (χ3v) is 4.43. The summed E-state index contributed by atoms with van der Waals surface area (Å²) in [6.07, 6.45) is 0.168. The van der Waals surface area contributed by atoms with Crippen molar-refractivity contribution in [1.82, 2.24) is 5.16 Å². The highest BCUT2D eigenvalue weighted by Crippen LogP contribution is 2.28. The average Bonchev–Trinajstić information content (AvgIpc) is 3.08. The second kappa shape index (κ2) is 6.16. The number of rotatable bonds is 3. The molecule has 0 aliphatic carbocycles. The summed E-state index contributed by atoms with van der Waals surface area (Å²) in [4.78, 5) is 26.0. The number of nitrogens with one attached hydrogen (secondary N) is 1. The maximum atomic E-state index is 12.4. The molecule has 7 heteroatoms. The Balaban J connectivity index is 1.70. The minimum absolute atomic E-state index is 0.124. The number of carbonyl (C=O) groups excluding carboxylic acids is 2. The molecule has 6 nitrogen and oxygen atoms in total. The lowest BCUT2D eigenvalue weighted by molar-refractivity contribution is -0.122. The molecule has 1 fully saturated rings. The Morgan fingerprint density at radius 3 is 2.83 bits per heavy atom. The second-order valence-electron chi connectivity index (χ2n) is 5.67. The summed E-state index contributed by atoms with van der Waals surface area (Å²) in [5, 5.41) is 6.71. The van der Waals surface area contributed by atoms with Crippen LogP contribution in [-0.4, -0.2) is 23.5 Å². The Morgan fingerprint density at radius 2 is 2.17 bits per heavy atom. The first-order valence-corrected chi connectivity index (χ1v) is 8.04. The van der Waals surface area contributed by atoms with Crippen LogP contribution in [0.5, 0.6) is 0 Å². The van der Waals surface area contributed by atoms with Crippen molar-refractivity contribution < 1.29 is 14.1 Å². The largest absolute Gasteiger partial charge is 0.360 e. The molecule has 3 rings (SSSR count).